The molecule has 3 heterocycles. The van der Waals surface area contributed by atoms with Gasteiger partial charge in [-0.1, -0.05) is 12.1 Å². The highest BCUT2D eigenvalue weighted by Crippen LogP contribution is 2.33. The van der Waals surface area contributed by atoms with E-state index in [0.717, 1.165) is 62.3 Å². The van der Waals surface area contributed by atoms with Crippen molar-refractivity contribution in [2.24, 2.45) is 0 Å². The summed E-state index contributed by atoms with van der Waals surface area (Å²) in [6.07, 6.45) is 5.81. The predicted octanol–water partition coefficient (Wildman–Crippen LogP) is 5.22. The molecular weight excluding hydrogens is 441 g/mol. The Morgan fingerprint density at radius 3 is 2.79 bits per heavy atom. The first-order valence-corrected chi connectivity index (χ1v) is 12.1. The smallest absolute Gasteiger partial charge is 0.304 e. The molecule has 4 rings (SSSR count). The minimum Gasteiger partial charge on any atom is -0.494 e. The van der Waals surface area contributed by atoms with E-state index in [0.29, 0.717) is 10.6 Å². The molecule has 1 aliphatic heterocycles. The Hall–Kier alpha value is -3.00. The van der Waals surface area contributed by atoms with Crippen LogP contribution in [-0.4, -0.2) is 34.7 Å². The highest BCUT2D eigenvalue weighted by atomic mass is 32.1. The lowest BCUT2D eigenvalue weighted by atomic mass is 9.96. The number of halogens is 1. The average molecular weight is 470 g/mol. The second-order valence-corrected chi connectivity index (χ2v) is 9.16. The molecule has 1 aromatic carbocycles. The van der Waals surface area contributed by atoms with Gasteiger partial charge >= 0.3 is 5.97 Å². The quantitative estimate of drug-likeness (QED) is 0.396. The minimum atomic E-state index is -0.944. The van der Waals surface area contributed by atoms with Crippen LogP contribution in [0.25, 0.3) is 0 Å². The number of aliphatic carboxylic acids is 1. The topological polar surface area (TPSA) is 84.3 Å². The Balaban J connectivity index is 1.36. The van der Waals surface area contributed by atoms with Gasteiger partial charge in [0.1, 0.15) is 10.8 Å². The van der Waals surface area contributed by atoms with Crippen LogP contribution in [0, 0.1) is 5.82 Å². The van der Waals surface area contributed by atoms with Crippen molar-refractivity contribution in [2.75, 3.05) is 19.0 Å². The number of thiazole rings is 1. The Kier molecular flexibility index (Phi) is 7.54. The van der Waals surface area contributed by atoms with Crippen LogP contribution in [-0.2, 0) is 24.1 Å². The number of pyridine rings is 1. The predicted molar refractivity (Wildman–Crippen MR) is 127 cm³/mol. The Morgan fingerprint density at radius 2 is 2.03 bits per heavy atom. The summed E-state index contributed by atoms with van der Waals surface area (Å²) in [5.41, 5.74) is 3.93. The summed E-state index contributed by atoms with van der Waals surface area (Å²) >= 11 is 1.43. The highest BCUT2D eigenvalue weighted by Gasteiger charge is 2.22. The van der Waals surface area contributed by atoms with Gasteiger partial charge in [-0.25, -0.2) is 14.4 Å². The van der Waals surface area contributed by atoms with E-state index >= 15 is 0 Å². The molecule has 8 heteroatoms. The number of aromatic nitrogens is 2. The van der Waals surface area contributed by atoms with Gasteiger partial charge in [0.15, 0.2) is 11.6 Å². The van der Waals surface area contributed by atoms with E-state index in [-0.39, 0.29) is 12.2 Å². The Bertz CT molecular complexity index is 1120. The van der Waals surface area contributed by atoms with Gasteiger partial charge in [0, 0.05) is 23.5 Å². The molecule has 2 aromatic heterocycles. The number of nitrogens with one attached hydrogen (secondary N) is 1. The van der Waals surface area contributed by atoms with Crippen molar-refractivity contribution < 1.29 is 19.0 Å². The fourth-order valence-electron chi connectivity index (χ4n) is 4.14. The molecule has 0 fully saturated rings. The van der Waals surface area contributed by atoms with Crippen LogP contribution in [0.2, 0.25) is 0 Å². The molecule has 2 N–H and O–H groups in total. The van der Waals surface area contributed by atoms with E-state index in [4.69, 9.17) is 14.7 Å². The molecule has 1 atom stereocenters. The number of fused-ring (bicyclic) bond motifs is 1. The zero-order valence-electron chi connectivity index (χ0n) is 18.6. The van der Waals surface area contributed by atoms with Crippen molar-refractivity contribution in [1.29, 1.82) is 0 Å². The molecule has 0 aliphatic carbocycles. The third-order valence-electron chi connectivity index (χ3n) is 5.89. The average Bonchev–Trinajstić information content (AvgIpc) is 3.28. The third kappa shape index (κ3) is 5.87. The van der Waals surface area contributed by atoms with Gasteiger partial charge in [0.05, 0.1) is 19.2 Å². The molecule has 1 aliphatic rings. The number of carboxylic acid groups (broad SMARTS) is 1. The molecule has 0 radical (unpaired) electrons. The standard InChI is InChI=1S/C25H28FN3O3S/c1-32-22-11-9-17(13-21(22)26)20(14-23(30)31)25-29-19(15-33-25)7-3-2-6-18-10-8-16-5-4-12-27-24(16)28-18/h8-11,13,15,20H,2-7,12,14H2,1H3,(H,27,28)(H,30,31)/t20-/m0/s1. The number of nitrogens with zero attached hydrogens (tertiary/aromatic N) is 2. The Morgan fingerprint density at radius 1 is 1.21 bits per heavy atom. The van der Waals surface area contributed by atoms with E-state index < -0.39 is 17.7 Å². The van der Waals surface area contributed by atoms with Crippen LogP contribution >= 0.6 is 11.3 Å². The number of unbranched alkanes of at least 4 members (excludes halogenated alkanes) is 1. The SMILES string of the molecule is COc1ccc([C@H](CC(=O)O)c2nc(CCCCc3ccc4c(n3)NCCC4)cs2)cc1F. The van der Waals surface area contributed by atoms with E-state index in [1.165, 1.54) is 36.1 Å². The third-order valence-corrected chi connectivity index (χ3v) is 6.90. The lowest BCUT2D eigenvalue weighted by Crippen LogP contribution is -2.14. The summed E-state index contributed by atoms with van der Waals surface area (Å²) in [6, 6.07) is 8.88. The molecule has 3 aromatic rings. The summed E-state index contributed by atoms with van der Waals surface area (Å²) in [4.78, 5) is 20.9. The summed E-state index contributed by atoms with van der Waals surface area (Å²) in [5, 5.41) is 15.4. The van der Waals surface area contributed by atoms with Crippen LogP contribution in [0.15, 0.2) is 35.7 Å². The summed E-state index contributed by atoms with van der Waals surface area (Å²) in [6.45, 7) is 0.988. The maximum atomic E-state index is 14.2. The van der Waals surface area contributed by atoms with Crippen molar-refractivity contribution in [1.82, 2.24) is 9.97 Å². The van der Waals surface area contributed by atoms with Crippen LogP contribution in [0.3, 0.4) is 0 Å². The number of hydrogen-bond acceptors (Lipinski definition) is 6. The normalized spacial score (nSPS) is 13.8. The first-order chi connectivity index (χ1) is 16.0. The number of rotatable bonds is 10. The summed E-state index contributed by atoms with van der Waals surface area (Å²) < 4.78 is 19.2. The van der Waals surface area contributed by atoms with Crippen molar-refractivity contribution in [3.05, 3.63) is 69.1 Å². The fraction of sp³-hybridized carbons (Fsp3) is 0.400. The second-order valence-electron chi connectivity index (χ2n) is 8.27. The molecule has 0 amide bonds. The number of hydrogen-bond donors (Lipinski definition) is 2. The van der Waals surface area contributed by atoms with Gasteiger partial charge in [-0.05, 0) is 67.9 Å². The highest BCUT2D eigenvalue weighted by molar-refractivity contribution is 7.09. The molecular formula is C25H28FN3O3S. The second kappa shape index (κ2) is 10.7. The van der Waals surface area contributed by atoms with Crippen LogP contribution in [0.1, 0.15) is 59.1 Å². The maximum absolute atomic E-state index is 14.2. The van der Waals surface area contributed by atoms with Crippen LogP contribution < -0.4 is 10.1 Å². The lowest BCUT2D eigenvalue weighted by molar-refractivity contribution is -0.137. The number of ether oxygens (including phenoxy) is 1. The van der Waals surface area contributed by atoms with Gasteiger partial charge in [0.25, 0.3) is 0 Å². The van der Waals surface area contributed by atoms with E-state index in [2.05, 4.69) is 17.4 Å². The zero-order chi connectivity index (χ0) is 23.2. The molecule has 174 valence electrons. The van der Waals surface area contributed by atoms with Gasteiger partial charge in [-0.2, -0.15) is 0 Å². The first kappa shape index (κ1) is 23.2. The Labute approximate surface area is 196 Å². The number of benzene rings is 1. The lowest BCUT2D eigenvalue weighted by Gasteiger charge is -2.17. The van der Waals surface area contributed by atoms with Crippen molar-refractivity contribution in [3.63, 3.8) is 0 Å². The summed E-state index contributed by atoms with van der Waals surface area (Å²) in [7, 11) is 1.40. The number of methoxy groups -OCH3 is 1. The van der Waals surface area contributed by atoms with Crippen molar-refractivity contribution in [2.45, 2.75) is 50.9 Å². The van der Waals surface area contributed by atoms with Crippen LogP contribution in [0.5, 0.6) is 5.75 Å². The van der Waals surface area contributed by atoms with Gasteiger partial charge < -0.3 is 15.2 Å². The zero-order valence-corrected chi connectivity index (χ0v) is 19.5. The van der Waals surface area contributed by atoms with E-state index in [1.807, 2.05) is 5.38 Å². The molecule has 0 saturated heterocycles. The van der Waals surface area contributed by atoms with Gasteiger partial charge in [0.2, 0.25) is 0 Å². The minimum absolute atomic E-state index is 0.136. The fourth-order valence-corrected chi connectivity index (χ4v) is 5.12. The van der Waals surface area contributed by atoms with E-state index in [9.17, 15) is 14.3 Å². The molecule has 0 unspecified atom stereocenters. The molecule has 33 heavy (non-hydrogen) atoms. The summed E-state index contributed by atoms with van der Waals surface area (Å²) in [5.74, 6) is -0.777. The van der Waals surface area contributed by atoms with Crippen molar-refractivity contribution >= 4 is 23.1 Å². The number of carbonyl (C=O) groups is 1. The van der Waals surface area contributed by atoms with Gasteiger partial charge in [-0.3, -0.25) is 4.79 Å². The van der Waals surface area contributed by atoms with Crippen molar-refractivity contribution in [3.8, 4) is 5.75 Å². The number of anilines is 1. The largest absolute Gasteiger partial charge is 0.494 e. The molecule has 6 nitrogen and oxygen atoms in total. The number of aryl methyl sites for hydroxylation is 3. The first-order valence-electron chi connectivity index (χ1n) is 11.3. The molecule has 0 bridgehead atoms. The van der Waals surface area contributed by atoms with E-state index in [1.54, 1.807) is 6.07 Å². The molecule has 0 saturated carbocycles. The van der Waals surface area contributed by atoms with Gasteiger partial charge in [-0.15, -0.1) is 11.3 Å². The molecule has 0 spiro atoms. The maximum Gasteiger partial charge on any atom is 0.304 e. The monoisotopic (exact) mass is 469 g/mol. The number of carboxylic acids is 1. The van der Waals surface area contributed by atoms with Crippen LogP contribution in [0.4, 0.5) is 10.2 Å².